The van der Waals surface area contributed by atoms with E-state index in [0.717, 1.165) is 71.2 Å². The number of fused-ring (bicyclic) bond motifs is 1. The number of carbonyl (C=O) groups is 5. The van der Waals surface area contributed by atoms with Gasteiger partial charge in [0, 0.05) is 81.4 Å². The van der Waals surface area contributed by atoms with Gasteiger partial charge in [0.1, 0.15) is 17.8 Å². The number of nitrogens with zero attached hydrogens (tertiary/aromatic N) is 6. The summed E-state index contributed by atoms with van der Waals surface area (Å²) in [6.45, 7) is 14.3. The van der Waals surface area contributed by atoms with Crippen LogP contribution >= 0.6 is 0 Å². The minimum absolute atomic E-state index is 0.00342. The maximum atomic E-state index is 14.6. The fraction of sp³-hybridized carbons (Fsp3) is 0.527. The fourth-order valence-electron chi connectivity index (χ4n) is 10.6. The summed E-state index contributed by atoms with van der Waals surface area (Å²) in [7, 11) is 5.27. The van der Waals surface area contributed by atoms with Crippen LogP contribution in [-0.4, -0.2) is 143 Å². The molecule has 0 aliphatic carbocycles. The van der Waals surface area contributed by atoms with Gasteiger partial charge in [-0.1, -0.05) is 45.7 Å². The number of phenols is 1. The molecule has 0 spiro atoms. The SMILES string of the molecule is CCn1c(-c2cccnc2COC)c(CC(C)(C)COC=O)c2cc(-c3cc(O)cc(C[C@H](NC(=O)[C@H](C(C)C)N(C)C(=O)[C@H]4CCN(C(=O)C#C[C@H]5CCCN5C)C4)C(=O)N4CCCCN4)c3)ccc21. The van der Waals surface area contributed by atoms with Gasteiger partial charge in [-0.3, -0.25) is 38.9 Å². The van der Waals surface area contributed by atoms with Gasteiger partial charge in [-0.05, 0) is 130 Å². The van der Waals surface area contributed by atoms with E-state index in [-0.39, 0.29) is 55.0 Å². The number of carbonyl (C=O) groups excluding carboxylic acids is 5. The highest BCUT2D eigenvalue weighted by molar-refractivity contribution is 5.97. The number of amides is 4. The van der Waals surface area contributed by atoms with Crippen LogP contribution in [0.5, 0.6) is 5.75 Å². The Bertz CT molecular complexity index is 2640. The molecule has 380 valence electrons. The average Bonchev–Trinajstić information content (AvgIpc) is 4.09. The normalized spacial score (nSPS) is 18.3. The molecule has 4 atom stereocenters. The lowest BCUT2D eigenvalue weighted by Gasteiger charge is -2.35. The molecule has 16 nitrogen and oxygen atoms in total. The van der Waals surface area contributed by atoms with Crippen LogP contribution in [0.1, 0.15) is 83.5 Å². The van der Waals surface area contributed by atoms with Gasteiger partial charge < -0.3 is 34.3 Å². The number of aromatic nitrogens is 2. The number of nitrogens with one attached hydrogen (secondary N) is 2. The minimum Gasteiger partial charge on any atom is -0.508 e. The van der Waals surface area contributed by atoms with Crippen LogP contribution in [0.2, 0.25) is 0 Å². The number of aryl methyl sites for hydroxylation is 1. The molecular weight excluding hydrogens is 901 g/mol. The Hall–Kier alpha value is -6.28. The number of hydrogen-bond donors (Lipinski definition) is 3. The van der Waals surface area contributed by atoms with E-state index in [1.165, 1.54) is 4.90 Å². The molecule has 4 amide bonds. The summed E-state index contributed by atoms with van der Waals surface area (Å²) in [6, 6.07) is 13.5. The Morgan fingerprint density at radius 1 is 1.04 bits per heavy atom. The third kappa shape index (κ3) is 12.3. The standard InChI is InChI=1S/C55H72N8O8/c1-9-62-48-18-16-38(30-44(48)45(31-55(4,5)34-71-35-64)51(62)43-15-12-21-56-47(43)33-70-8)40-26-37(27-42(65)29-40)28-46(54(69)63-24-11-10-22-57-63)58-52(67)50(36(2)3)60(7)53(68)39-20-25-61(32-39)49(66)19-17-41-14-13-23-59(41)6/h12,15-16,18,21,26-27,29-30,35-36,39,41,46,50,57,65H,9-11,13-14,20,22-25,28,31-34H2,1-8H3,(H,58,67)/t39-,41+,46-,50-/m0/s1. The maximum absolute atomic E-state index is 14.6. The van der Waals surface area contributed by atoms with Crippen LogP contribution in [0.25, 0.3) is 33.3 Å². The van der Waals surface area contributed by atoms with Gasteiger partial charge in [0.15, 0.2) is 0 Å². The van der Waals surface area contributed by atoms with Crippen molar-refractivity contribution in [2.45, 2.75) is 111 Å². The monoisotopic (exact) mass is 973 g/mol. The highest BCUT2D eigenvalue weighted by Gasteiger charge is 2.39. The number of hydrogen-bond acceptors (Lipinski definition) is 11. The molecule has 3 aliphatic heterocycles. The summed E-state index contributed by atoms with van der Waals surface area (Å²) in [5.74, 6) is 3.77. The van der Waals surface area contributed by atoms with Crippen molar-refractivity contribution in [3.05, 3.63) is 71.5 Å². The lowest BCUT2D eigenvalue weighted by molar-refractivity contribution is -0.145. The molecule has 7 rings (SSSR count). The molecular formula is C55H72N8O8. The number of likely N-dealkylation sites (tertiary alicyclic amines) is 2. The molecule has 3 fully saturated rings. The largest absolute Gasteiger partial charge is 0.508 e. The van der Waals surface area contributed by atoms with E-state index in [1.807, 2.05) is 39.1 Å². The van der Waals surface area contributed by atoms with Gasteiger partial charge in [0.25, 0.3) is 18.3 Å². The second-order valence-electron chi connectivity index (χ2n) is 20.5. The second-order valence-corrected chi connectivity index (χ2v) is 20.5. The Kier molecular flexibility index (Phi) is 17.2. The van der Waals surface area contributed by atoms with Gasteiger partial charge in [0.2, 0.25) is 11.8 Å². The van der Waals surface area contributed by atoms with Crippen LogP contribution in [0, 0.1) is 29.1 Å². The summed E-state index contributed by atoms with van der Waals surface area (Å²) in [5.41, 5.74) is 9.71. The number of methoxy groups -OCH3 is 1. The van der Waals surface area contributed by atoms with Crippen molar-refractivity contribution < 1.29 is 38.6 Å². The first-order valence-electron chi connectivity index (χ1n) is 25.1. The maximum Gasteiger partial charge on any atom is 0.298 e. The van der Waals surface area contributed by atoms with Crippen LogP contribution in [-0.2, 0) is 59.4 Å². The number of aromatic hydroxyl groups is 1. The zero-order valence-electron chi connectivity index (χ0n) is 42.8. The van der Waals surface area contributed by atoms with Gasteiger partial charge >= 0.3 is 0 Å². The zero-order chi connectivity index (χ0) is 51.0. The smallest absolute Gasteiger partial charge is 0.298 e. The fourth-order valence-corrected chi connectivity index (χ4v) is 10.6. The van der Waals surface area contributed by atoms with E-state index in [2.05, 4.69) is 71.0 Å². The number of pyridine rings is 1. The van der Waals surface area contributed by atoms with E-state index in [1.54, 1.807) is 42.4 Å². The van der Waals surface area contributed by atoms with E-state index >= 15 is 0 Å². The molecule has 0 saturated carbocycles. The van der Waals surface area contributed by atoms with E-state index < -0.39 is 29.3 Å². The minimum atomic E-state index is -1.04. The van der Waals surface area contributed by atoms with Gasteiger partial charge in [-0.15, -0.1) is 0 Å². The van der Waals surface area contributed by atoms with Crippen LogP contribution in [0.3, 0.4) is 0 Å². The lowest BCUT2D eigenvalue weighted by Crippen LogP contribution is -2.59. The van der Waals surface area contributed by atoms with Gasteiger partial charge in [-0.2, -0.15) is 0 Å². The third-order valence-corrected chi connectivity index (χ3v) is 14.2. The van der Waals surface area contributed by atoms with Crippen LogP contribution in [0.15, 0.2) is 54.7 Å². The summed E-state index contributed by atoms with van der Waals surface area (Å²) in [5, 5.41) is 17.0. The predicted molar refractivity (Wildman–Crippen MR) is 272 cm³/mol. The molecule has 16 heteroatoms. The van der Waals surface area contributed by atoms with Crippen molar-refractivity contribution in [3.8, 4) is 40.0 Å². The molecule has 3 N–H and O–H groups in total. The van der Waals surface area contributed by atoms with Crippen molar-refractivity contribution in [2.24, 2.45) is 17.3 Å². The Morgan fingerprint density at radius 2 is 1.85 bits per heavy atom. The van der Waals surface area contributed by atoms with Crippen molar-refractivity contribution >= 4 is 41.0 Å². The van der Waals surface area contributed by atoms with Crippen molar-refractivity contribution in [3.63, 3.8) is 0 Å². The number of likely N-dealkylation sites (N-methyl/N-ethyl adjacent to an activating group) is 1. The quantitative estimate of drug-likeness (QED) is 0.0840. The third-order valence-electron chi connectivity index (χ3n) is 14.2. The molecule has 0 unspecified atom stereocenters. The van der Waals surface area contributed by atoms with E-state index in [0.29, 0.717) is 63.2 Å². The van der Waals surface area contributed by atoms with Crippen LogP contribution in [0.4, 0.5) is 0 Å². The first-order chi connectivity index (χ1) is 34.0. The topological polar surface area (TPSA) is 179 Å². The van der Waals surface area contributed by atoms with E-state index in [9.17, 15) is 29.1 Å². The predicted octanol–water partition coefficient (Wildman–Crippen LogP) is 5.57. The summed E-state index contributed by atoms with van der Waals surface area (Å²) >= 11 is 0. The Balaban J connectivity index is 1.18. The van der Waals surface area contributed by atoms with Gasteiger partial charge in [0.05, 0.1) is 36.6 Å². The number of phenolic OH excluding ortho intramolecular Hbond substituents is 1. The molecule has 0 bridgehead atoms. The van der Waals surface area contributed by atoms with Crippen molar-refractivity contribution in [2.75, 3.05) is 60.5 Å². The highest BCUT2D eigenvalue weighted by atomic mass is 16.5. The van der Waals surface area contributed by atoms with Crippen LogP contribution < -0.4 is 10.7 Å². The zero-order valence-corrected chi connectivity index (χ0v) is 42.8. The average molecular weight is 973 g/mol. The second kappa shape index (κ2) is 23.3. The molecule has 3 aliphatic rings. The molecule has 5 heterocycles. The number of rotatable bonds is 18. The molecule has 4 aromatic rings. The number of hydrazine groups is 1. The Labute approximate surface area is 418 Å². The highest BCUT2D eigenvalue weighted by Crippen LogP contribution is 2.41. The lowest BCUT2D eigenvalue weighted by atomic mass is 9.84. The molecule has 71 heavy (non-hydrogen) atoms. The first-order valence-corrected chi connectivity index (χ1v) is 25.1. The van der Waals surface area contributed by atoms with E-state index in [4.69, 9.17) is 14.5 Å². The Morgan fingerprint density at radius 3 is 2.54 bits per heavy atom. The number of benzene rings is 2. The molecule has 2 aromatic heterocycles. The van der Waals surface area contributed by atoms with Crippen molar-refractivity contribution in [1.82, 2.24) is 40.0 Å². The first kappa shape index (κ1) is 52.5. The summed E-state index contributed by atoms with van der Waals surface area (Å²) in [6.07, 6.45) is 6.52. The van der Waals surface area contributed by atoms with Crippen molar-refractivity contribution in [1.29, 1.82) is 0 Å². The van der Waals surface area contributed by atoms with Gasteiger partial charge in [-0.25, -0.2) is 5.43 Å². The molecule has 2 aromatic carbocycles. The number of ether oxygens (including phenoxy) is 2. The molecule has 3 saturated heterocycles. The summed E-state index contributed by atoms with van der Waals surface area (Å²) in [4.78, 5) is 77.5. The summed E-state index contributed by atoms with van der Waals surface area (Å²) < 4.78 is 13.2. The molecule has 0 radical (unpaired) electrons.